The van der Waals surface area contributed by atoms with Crippen LogP contribution in [-0.4, -0.2) is 23.0 Å². The van der Waals surface area contributed by atoms with E-state index in [1.807, 2.05) is 0 Å². The molecule has 0 heterocycles. The van der Waals surface area contributed by atoms with E-state index in [-0.39, 0.29) is 0 Å². The molecule has 4 nitrogen and oxygen atoms in total. The maximum absolute atomic E-state index is 12.2. The lowest BCUT2D eigenvalue weighted by Gasteiger charge is -2.13. The van der Waals surface area contributed by atoms with Gasteiger partial charge in [0, 0.05) is 6.07 Å². The lowest BCUT2D eigenvalue weighted by Crippen LogP contribution is -2.36. The molecule has 0 aromatic heterocycles. The fourth-order valence-electron chi connectivity index (χ4n) is 1.12. The van der Waals surface area contributed by atoms with Gasteiger partial charge in [0.05, 0.1) is 4.92 Å². The summed E-state index contributed by atoms with van der Waals surface area (Å²) in [6, 6.07) is 3.58. The highest BCUT2D eigenvalue weighted by molar-refractivity contribution is 5.97. The Morgan fingerprint density at radius 2 is 1.53 bits per heavy atom. The quantitative estimate of drug-likeness (QED) is 0.359. The second kappa shape index (κ2) is 4.86. The SMILES string of the molecule is O=[N+]([O-])c1ccccc1N=C(C(F)(F)F)C(F)(F)F. The second-order valence-electron chi connectivity index (χ2n) is 3.20. The summed E-state index contributed by atoms with van der Waals surface area (Å²) in [5, 5.41) is 10.5. The molecule has 0 bridgehead atoms. The first-order valence-electron chi connectivity index (χ1n) is 4.50. The minimum Gasteiger partial charge on any atom is -0.258 e. The summed E-state index contributed by atoms with van der Waals surface area (Å²) in [6.07, 6.45) is -11.5. The van der Waals surface area contributed by atoms with Crippen molar-refractivity contribution < 1.29 is 31.3 Å². The zero-order valence-electron chi connectivity index (χ0n) is 8.79. The lowest BCUT2D eigenvalue weighted by molar-refractivity contribution is -0.384. The van der Waals surface area contributed by atoms with Crippen LogP contribution in [0.15, 0.2) is 29.3 Å². The van der Waals surface area contributed by atoms with Crippen LogP contribution in [0.3, 0.4) is 0 Å². The van der Waals surface area contributed by atoms with Crippen LogP contribution in [0, 0.1) is 10.1 Å². The number of hydrogen-bond donors (Lipinski definition) is 0. The molecule has 0 spiro atoms. The maximum atomic E-state index is 12.2. The molecule has 0 saturated heterocycles. The zero-order chi connectivity index (χ0) is 14.8. The van der Waals surface area contributed by atoms with Crippen LogP contribution in [0.4, 0.5) is 37.7 Å². The summed E-state index contributed by atoms with van der Waals surface area (Å²) in [5.41, 5.74) is -5.01. The molecule has 0 unspecified atom stereocenters. The Hall–Kier alpha value is -2.13. The van der Waals surface area contributed by atoms with Crippen LogP contribution in [0.1, 0.15) is 0 Å². The van der Waals surface area contributed by atoms with E-state index in [1.165, 1.54) is 0 Å². The molecule has 1 aromatic carbocycles. The molecule has 0 saturated carbocycles. The van der Waals surface area contributed by atoms with E-state index in [0.29, 0.717) is 6.07 Å². The van der Waals surface area contributed by atoms with E-state index in [4.69, 9.17) is 0 Å². The Labute approximate surface area is 101 Å². The average molecular weight is 286 g/mol. The molecule has 104 valence electrons. The van der Waals surface area contributed by atoms with Crippen LogP contribution in [0.5, 0.6) is 0 Å². The van der Waals surface area contributed by atoms with Crippen LogP contribution in [0.2, 0.25) is 0 Å². The fourth-order valence-corrected chi connectivity index (χ4v) is 1.12. The minimum atomic E-state index is -5.76. The lowest BCUT2D eigenvalue weighted by atomic mass is 10.2. The van der Waals surface area contributed by atoms with Gasteiger partial charge in [-0.25, -0.2) is 4.99 Å². The van der Waals surface area contributed by atoms with Crippen molar-refractivity contribution in [3.05, 3.63) is 34.4 Å². The second-order valence-corrected chi connectivity index (χ2v) is 3.20. The van der Waals surface area contributed by atoms with E-state index in [0.717, 1.165) is 18.2 Å². The molecule has 0 atom stereocenters. The number of nitro benzene ring substituents is 1. The van der Waals surface area contributed by atoms with Gasteiger partial charge in [0.1, 0.15) is 5.69 Å². The normalized spacial score (nSPS) is 12.1. The van der Waals surface area contributed by atoms with Crippen molar-refractivity contribution in [3.63, 3.8) is 0 Å². The maximum Gasteiger partial charge on any atom is 0.438 e. The predicted octanol–water partition coefficient (Wildman–Crippen LogP) is 3.79. The van der Waals surface area contributed by atoms with Crippen molar-refractivity contribution in [3.8, 4) is 0 Å². The zero-order valence-corrected chi connectivity index (χ0v) is 8.79. The Morgan fingerprint density at radius 1 is 1.05 bits per heavy atom. The average Bonchev–Trinajstić information content (AvgIpc) is 2.23. The molecule has 0 aliphatic rings. The van der Waals surface area contributed by atoms with Gasteiger partial charge < -0.3 is 0 Å². The number of nitrogens with zero attached hydrogens (tertiary/aromatic N) is 2. The third-order valence-electron chi connectivity index (χ3n) is 1.85. The standard InChI is InChI=1S/C9H4F6N2O2/c10-8(11,12)7(9(13,14)15)16-5-3-1-2-4-6(5)17(18)19/h1-4H. The van der Waals surface area contributed by atoms with Crippen LogP contribution < -0.4 is 0 Å². The number of aliphatic imine (C=N–C) groups is 1. The van der Waals surface area contributed by atoms with Crippen LogP contribution in [-0.2, 0) is 0 Å². The van der Waals surface area contributed by atoms with Gasteiger partial charge in [-0.1, -0.05) is 12.1 Å². The van der Waals surface area contributed by atoms with Crippen molar-refractivity contribution in [2.75, 3.05) is 0 Å². The molecular weight excluding hydrogens is 282 g/mol. The molecule has 0 radical (unpaired) electrons. The van der Waals surface area contributed by atoms with Gasteiger partial charge >= 0.3 is 12.4 Å². The molecule has 0 N–H and O–H groups in total. The van der Waals surface area contributed by atoms with Gasteiger partial charge in [0.15, 0.2) is 0 Å². The monoisotopic (exact) mass is 286 g/mol. The highest BCUT2D eigenvalue weighted by Gasteiger charge is 2.53. The summed E-state index contributed by atoms with van der Waals surface area (Å²) < 4.78 is 73.3. The number of benzene rings is 1. The first-order chi connectivity index (χ1) is 8.53. The minimum absolute atomic E-state index is 0.690. The number of halogens is 6. The highest BCUT2D eigenvalue weighted by Crippen LogP contribution is 2.35. The topological polar surface area (TPSA) is 55.5 Å². The Morgan fingerprint density at radius 3 is 1.95 bits per heavy atom. The Kier molecular flexibility index (Phi) is 3.82. The van der Waals surface area contributed by atoms with Crippen molar-refractivity contribution in [1.82, 2.24) is 0 Å². The van der Waals surface area contributed by atoms with Gasteiger partial charge in [-0.2, -0.15) is 26.3 Å². The smallest absolute Gasteiger partial charge is 0.258 e. The Balaban J connectivity index is 3.44. The predicted molar refractivity (Wildman–Crippen MR) is 52.3 cm³/mol. The summed E-state index contributed by atoms with van der Waals surface area (Å²) in [4.78, 5) is 11.7. The van der Waals surface area contributed by atoms with E-state index < -0.39 is 34.4 Å². The molecule has 1 aromatic rings. The molecular formula is C9H4F6N2O2. The molecule has 0 fully saturated rings. The third-order valence-corrected chi connectivity index (χ3v) is 1.85. The molecule has 0 aliphatic carbocycles. The van der Waals surface area contributed by atoms with Gasteiger partial charge in [0.2, 0.25) is 5.71 Å². The van der Waals surface area contributed by atoms with Crippen molar-refractivity contribution >= 4 is 17.1 Å². The van der Waals surface area contributed by atoms with E-state index in [9.17, 15) is 36.5 Å². The number of rotatable bonds is 2. The molecule has 1 rings (SSSR count). The highest BCUT2D eigenvalue weighted by atomic mass is 19.4. The van der Waals surface area contributed by atoms with Crippen molar-refractivity contribution in [2.45, 2.75) is 12.4 Å². The summed E-state index contributed by atoms with van der Waals surface area (Å²) in [5.74, 6) is 0. The molecule has 10 heteroatoms. The number of nitro groups is 1. The van der Waals surface area contributed by atoms with Crippen molar-refractivity contribution in [2.24, 2.45) is 4.99 Å². The largest absolute Gasteiger partial charge is 0.438 e. The first kappa shape index (κ1) is 14.9. The van der Waals surface area contributed by atoms with Crippen molar-refractivity contribution in [1.29, 1.82) is 0 Å². The van der Waals surface area contributed by atoms with E-state index in [2.05, 4.69) is 4.99 Å². The fraction of sp³-hybridized carbons (Fsp3) is 0.222. The molecule has 0 amide bonds. The number of para-hydroxylation sites is 2. The van der Waals surface area contributed by atoms with E-state index in [1.54, 1.807) is 0 Å². The summed E-state index contributed by atoms with van der Waals surface area (Å²) in [6.45, 7) is 0. The van der Waals surface area contributed by atoms with Crippen LogP contribution >= 0.6 is 0 Å². The van der Waals surface area contributed by atoms with Gasteiger partial charge in [-0.15, -0.1) is 0 Å². The van der Waals surface area contributed by atoms with Crippen LogP contribution in [0.25, 0.3) is 0 Å². The van der Waals surface area contributed by atoms with Gasteiger partial charge in [-0.3, -0.25) is 10.1 Å². The van der Waals surface area contributed by atoms with Gasteiger partial charge in [-0.05, 0) is 6.07 Å². The third kappa shape index (κ3) is 3.66. The van der Waals surface area contributed by atoms with E-state index >= 15 is 0 Å². The molecule has 0 aliphatic heterocycles. The van der Waals surface area contributed by atoms with Gasteiger partial charge in [0.25, 0.3) is 5.69 Å². The Bertz CT molecular complexity index is 504. The summed E-state index contributed by atoms with van der Waals surface area (Å²) in [7, 11) is 0. The molecule has 19 heavy (non-hydrogen) atoms. The number of alkyl halides is 6. The summed E-state index contributed by atoms with van der Waals surface area (Å²) >= 11 is 0. The first-order valence-corrected chi connectivity index (χ1v) is 4.50. The number of hydrogen-bond acceptors (Lipinski definition) is 3.